The van der Waals surface area contributed by atoms with E-state index in [2.05, 4.69) is 4.90 Å². The lowest BCUT2D eigenvalue weighted by molar-refractivity contribution is -0.605. The number of amides is 1. The van der Waals surface area contributed by atoms with Gasteiger partial charge in [-0.1, -0.05) is 59.6 Å². The van der Waals surface area contributed by atoms with Gasteiger partial charge in [-0.15, -0.1) is 0 Å². The summed E-state index contributed by atoms with van der Waals surface area (Å²) in [4.78, 5) is 31.7. The van der Waals surface area contributed by atoms with Crippen molar-refractivity contribution in [3.8, 4) is 11.5 Å². The SMILES string of the molecule is COc1ccc(C(Cc2c(Cl)c[n+]([O-])cc2Cl)OC(=O)c2cccc(CN(C(=O)O[C@H]3CN4CCC3CC4)c3ccccc3C)c2)cc1OC. The van der Waals surface area contributed by atoms with Gasteiger partial charge in [0.2, 0.25) is 0 Å². The van der Waals surface area contributed by atoms with Crippen molar-refractivity contribution in [2.24, 2.45) is 5.92 Å². The van der Waals surface area contributed by atoms with Crippen LogP contribution < -0.4 is 19.1 Å². The zero-order valence-electron chi connectivity index (χ0n) is 28.1. The number of carbonyl (C=O) groups is 2. The predicted molar refractivity (Wildman–Crippen MR) is 190 cm³/mol. The average molecular weight is 721 g/mol. The Bertz CT molecular complexity index is 1840. The number of ether oxygens (including phenoxy) is 4. The number of benzene rings is 3. The molecule has 12 heteroatoms. The van der Waals surface area contributed by atoms with E-state index in [0.29, 0.717) is 38.8 Å². The Balaban J connectivity index is 1.26. The number of aromatic nitrogens is 1. The molecule has 2 atom stereocenters. The van der Waals surface area contributed by atoms with Crippen molar-refractivity contribution in [1.29, 1.82) is 0 Å². The quantitative estimate of drug-likeness (QED) is 0.0902. The van der Waals surface area contributed by atoms with E-state index in [1.54, 1.807) is 41.3 Å². The third kappa shape index (κ3) is 7.93. The summed E-state index contributed by atoms with van der Waals surface area (Å²) in [5.41, 5.74) is 3.69. The molecule has 4 aromatic rings. The number of piperidine rings is 3. The first-order valence-electron chi connectivity index (χ1n) is 16.5. The van der Waals surface area contributed by atoms with Crippen LogP contribution in [0.15, 0.2) is 79.1 Å². The first-order valence-corrected chi connectivity index (χ1v) is 17.2. The zero-order chi connectivity index (χ0) is 35.4. The third-order valence-electron chi connectivity index (χ3n) is 9.45. The minimum Gasteiger partial charge on any atom is -0.619 e. The number of hydrogen-bond acceptors (Lipinski definition) is 8. The lowest BCUT2D eigenvalue weighted by Gasteiger charge is -2.44. The van der Waals surface area contributed by atoms with Crippen LogP contribution in [0.5, 0.6) is 11.5 Å². The summed E-state index contributed by atoms with van der Waals surface area (Å²) in [5, 5.41) is 12.2. The molecule has 1 unspecified atom stereocenters. The Labute approximate surface area is 301 Å². The molecule has 3 fully saturated rings. The Morgan fingerprint density at radius 2 is 1.68 bits per heavy atom. The van der Waals surface area contributed by atoms with Crippen molar-refractivity contribution in [2.75, 3.05) is 38.8 Å². The summed E-state index contributed by atoms with van der Waals surface area (Å²) >= 11 is 12.9. The van der Waals surface area contributed by atoms with Gasteiger partial charge in [-0.2, -0.15) is 4.73 Å². The van der Waals surface area contributed by atoms with E-state index in [9.17, 15) is 14.8 Å². The van der Waals surface area contributed by atoms with Gasteiger partial charge in [-0.25, -0.2) is 9.59 Å². The summed E-state index contributed by atoms with van der Waals surface area (Å²) in [7, 11) is 3.04. The van der Waals surface area contributed by atoms with Gasteiger partial charge in [0.1, 0.15) is 22.3 Å². The van der Waals surface area contributed by atoms with E-state index in [4.69, 9.17) is 42.1 Å². The van der Waals surface area contributed by atoms with Gasteiger partial charge >= 0.3 is 12.1 Å². The molecule has 3 aliphatic rings. The lowest BCUT2D eigenvalue weighted by Crippen LogP contribution is -2.53. The van der Waals surface area contributed by atoms with Gasteiger partial charge in [0.05, 0.1) is 32.0 Å². The van der Waals surface area contributed by atoms with Crippen LogP contribution in [0.4, 0.5) is 10.5 Å². The second-order valence-corrected chi connectivity index (χ2v) is 13.5. The lowest BCUT2D eigenvalue weighted by atomic mass is 9.86. The molecule has 0 spiro atoms. The Morgan fingerprint density at radius 3 is 2.34 bits per heavy atom. The molecule has 7 rings (SSSR count). The number of anilines is 1. The highest BCUT2D eigenvalue weighted by atomic mass is 35.5. The van der Waals surface area contributed by atoms with Gasteiger partial charge in [0, 0.05) is 18.5 Å². The van der Waals surface area contributed by atoms with Crippen LogP contribution in [0.25, 0.3) is 0 Å². The molecule has 3 aliphatic heterocycles. The molecule has 50 heavy (non-hydrogen) atoms. The van der Waals surface area contributed by atoms with Crippen molar-refractivity contribution in [1.82, 2.24) is 4.90 Å². The monoisotopic (exact) mass is 719 g/mol. The molecule has 1 amide bonds. The van der Waals surface area contributed by atoms with E-state index < -0.39 is 18.2 Å². The number of aryl methyl sites for hydroxylation is 1. The fourth-order valence-corrected chi connectivity index (χ4v) is 7.32. The predicted octanol–water partition coefficient (Wildman–Crippen LogP) is 7.33. The molecule has 0 radical (unpaired) electrons. The molecule has 4 heterocycles. The molecule has 3 saturated heterocycles. The largest absolute Gasteiger partial charge is 0.619 e. The molecule has 0 saturated carbocycles. The van der Waals surface area contributed by atoms with Crippen molar-refractivity contribution < 1.29 is 33.3 Å². The van der Waals surface area contributed by atoms with Gasteiger partial charge < -0.3 is 24.2 Å². The van der Waals surface area contributed by atoms with Crippen molar-refractivity contribution in [3.63, 3.8) is 0 Å². The van der Waals surface area contributed by atoms with E-state index in [1.807, 2.05) is 37.3 Å². The maximum absolute atomic E-state index is 13.8. The second kappa shape index (κ2) is 15.6. The number of carbonyl (C=O) groups excluding carboxylic acids is 2. The Morgan fingerprint density at radius 1 is 0.960 bits per heavy atom. The highest BCUT2D eigenvalue weighted by Crippen LogP contribution is 2.36. The van der Waals surface area contributed by atoms with Gasteiger partial charge in [0.25, 0.3) is 0 Å². The van der Waals surface area contributed by atoms with Gasteiger partial charge in [-0.3, -0.25) is 9.80 Å². The van der Waals surface area contributed by atoms with Gasteiger partial charge in [0.15, 0.2) is 23.9 Å². The maximum Gasteiger partial charge on any atom is 0.414 e. The number of para-hydroxylation sites is 1. The average Bonchev–Trinajstić information content (AvgIpc) is 3.12. The smallest absolute Gasteiger partial charge is 0.414 e. The minimum absolute atomic E-state index is 0.0753. The summed E-state index contributed by atoms with van der Waals surface area (Å²) in [5.74, 6) is 0.701. The Kier molecular flexibility index (Phi) is 11.0. The fourth-order valence-electron chi connectivity index (χ4n) is 6.72. The van der Waals surface area contributed by atoms with Crippen molar-refractivity contribution >= 4 is 41.0 Å². The Hall–Kier alpha value is -4.51. The summed E-state index contributed by atoms with van der Waals surface area (Å²) in [6.07, 6.45) is 3.07. The van der Waals surface area contributed by atoms with E-state index >= 15 is 0 Å². The molecule has 1 aromatic heterocycles. The zero-order valence-corrected chi connectivity index (χ0v) is 29.7. The second-order valence-electron chi connectivity index (χ2n) is 12.6. The fraction of sp³-hybridized carbons (Fsp3) is 0.342. The number of rotatable bonds is 11. The molecule has 3 aromatic carbocycles. The van der Waals surface area contributed by atoms with Gasteiger partial charge in [-0.05, 0) is 85.8 Å². The number of methoxy groups -OCH3 is 2. The van der Waals surface area contributed by atoms with Crippen LogP contribution in [0, 0.1) is 18.0 Å². The molecular weight excluding hydrogens is 681 g/mol. The molecular formula is C38H39Cl2N3O7. The molecule has 0 aliphatic carbocycles. The summed E-state index contributed by atoms with van der Waals surface area (Å²) < 4.78 is 23.7. The summed E-state index contributed by atoms with van der Waals surface area (Å²) in [6, 6.07) is 19.8. The third-order valence-corrected chi connectivity index (χ3v) is 10.1. The van der Waals surface area contributed by atoms with Crippen LogP contribution in [0.2, 0.25) is 10.0 Å². The number of pyridine rings is 1. The minimum atomic E-state index is -0.872. The normalized spacial score (nSPS) is 18.6. The van der Waals surface area contributed by atoms with Crippen LogP contribution in [0.1, 0.15) is 51.6 Å². The van der Waals surface area contributed by atoms with Crippen LogP contribution in [-0.4, -0.2) is 56.9 Å². The number of esters is 1. The van der Waals surface area contributed by atoms with E-state index in [0.717, 1.165) is 43.7 Å². The number of fused-ring (bicyclic) bond motifs is 3. The first kappa shape index (κ1) is 35.3. The summed E-state index contributed by atoms with van der Waals surface area (Å²) in [6.45, 7) is 4.96. The highest BCUT2D eigenvalue weighted by Gasteiger charge is 2.37. The molecule has 262 valence electrons. The number of nitrogens with zero attached hydrogens (tertiary/aromatic N) is 3. The standard InChI is InChI=1S/C38H39Cl2N3O7/c1-24-7-4-5-10-32(24)43(38(45)50-36-23-41-15-13-26(36)14-16-41)20-25-8-6-9-28(17-25)37(44)49-34(19-29-30(39)21-42(46)22-31(29)40)27-11-12-33(47-2)35(18-27)48-3/h4-12,17-18,21-22,26,34,36H,13-16,19-20,23H2,1-3H3/t34?,36-/m0/s1. The number of halogens is 2. The van der Waals surface area contributed by atoms with Crippen LogP contribution in [-0.2, 0) is 22.4 Å². The molecule has 10 nitrogen and oxygen atoms in total. The topological polar surface area (TPSA) is 104 Å². The van der Waals surface area contributed by atoms with Crippen LogP contribution in [0.3, 0.4) is 0 Å². The van der Waals surface area contributed by atoms with Crippen molar-refractivity contribution in [2.45, 2.75) is 44.9 Å². The van der Waals surface area contributed by atoms with E-state index in [-0.39, 0.29) is 34.7 Å². The van der Waals surface area contributed by atoms with E-state index in [1.165, 1.54) is 26.6 Å². The van der Waals surface area contributed by atoms with Crippen LogP contribution >= 0.6 is 23.2 Å². The number of hydrogen-bond donors (Lipinski definition) is 0. The first-order chi connectivity index (χ1) is 24.1. The van der Waals surface area contributed by atoms with Crippen molar-refractivity contribution in [3.05, 3.63) is 122 Å². The molecule has 2 bridgehead atoms. The highest BCUT2D eigenvalue weighted by molar-refractivity contribution is 6.35. The maximum atomic E-state index is 13.8. The molecule has 0 N–H and O–H groups in total.